The van der Waals surface area contributed by atoms with Crippen LogP contribution in [0.4, 0.5) is 14.7 Å². The van der Waals surface area contributed by atoms with Gasteiger partial charge < -0.3 is 14.8 Å². The maximum absolute atomic E-state index is 13.1. The fourth-order valence-electron chi connectivity index (χ4n) is 1.38. The summed E-state index contributed by atoms with van der Waals surface area (Å²) in [5.41, 5.74) is 0. The Bertz CT molecular complexity index is 590. The largest absolute Gasteiger partial charge is 0.464 e. The van der Waals surface area contributed by atoms with E-state index in [1.165, 1.54) is 0 Å². The Morgan fingerprint density at radius 3 is 2.30 bits per heavy atom. The van der Waals surface area contributed by atoms with Gasteiger partial charge in [0.15, 0.2) is 0 Å². The van der Waals surface area contributed by atoms with Gasteiger partial charge in [0.1, 0.15) is 17.4 Å². The zero-order valence-corrected chi connectivity index (χ0v) is 10.9. The highest BCUT2D eigenvalue weighted by molar-refractivity contribution is 5.30. The molecular formula is C12H12F2N4O2. The van der Waals surface area contributed by atoms with Crippen molar-refractivity contribution in [2.24, 2.45) is 0 Å². The van der Waals surface area contributed by atoms with Crippen molar-refractivity contribution in [1.82, 2.24) is 15.0 Å². The van der Waals surface area contributed by atoms with E-state index >= 15 is 0 Å². The highest BCUT2D eigenvalue weighted by atomic mass is 19.1. The van der Waals surface area contributed by atoms with Gasteiger partial charge in [-0.25, -0.2) is 8.78 Å². The lowest BCUT2D eigenvalue weighted by molar-refractivity contribution is 0.303. The van der Waals surface area contributed by atoms with Gasteiger partial charge in [0.2, 0.25) is 5.95 Å². The molecule has 0 radical (unpaired) electrons. The standard InChI is InChI=1S/C12H12F2N4O2/c1-3-19-11-16-10(15-2)17-12(18-11)20-9-5-7(13)4-8(14)6-9/h4-6H,3H2,1-2H3,(H,15,16,17,18). The second kappa shape index (κ2) is 6.09. The molecule has 1 N–H and O–H groups in total. The molecule has 0 saturated heterocycles. The Hall–Kier alpha value is -2.51. The summed E-state index contributed by atoms with van der Waals surface area (Å²) in [6, 6.07) is 2.71. The van der Waals surface area contributed by atoms with Gasteiger partial charge >= 0.3 is 12.0 Å². The van der Waals surface area contributed by atoms with Gasteiger partial charge in [0, 0.05) is 25.2 Å². The summed E-state index contributed by atoms with van der Waals surface area (Å²) in [7, 11) is 1.61. The zero-order chi connectivity index (χ0) is 14.5. The predicted octanol–water partition coefficient (Wildman–Crippen LogP) is 2.38. The smallest absolute Gasteiger partial charge is 0.330 e. The van der Waals surface area contributed by atoms with Gasteiger partial charge in [-0.3, -0.25) is 0 Å². The van der Waals surface area contributed by atoms with E-state index in [0.29, 0.717) is 6.61 Å². The first-order valence-electron chi connectivity index (χ1n) is 5.81. The molecule has 0 fully saturated rings. The van der Waals surface area contributed by atoms with Crippen molar-refractivity contribution < 1.29 is 18.3 Å². The van der Waals surface area contributed by atoms with Crippen LogP contribution in [0.3, 0.4) is 0 Å². The van der Waals surface area contributed by atoms with Crippen LogP contribution in [0, 0.1) is 11.6 Å². The van der Waals surface area contributed by atoms with E-state index in [9.17, 15) is 8.78 Å². The number of benzene rings is 1. The SMILES string of the molecule is CCOc1nc(NC)nc(Oc2cc(F)cc(F)c2)n1. The summed E-state index contributed by atoms with van der Waals surface area (Å²) in [6.07, 6.45) is 0. The molecule has 1 aromatic carbocycles. The molecule has 0 aliphatic carbocycles. The van der Waals surface area contributed by atoms with Crippen molar-refractivity contribution in [2.75, 3.05) is 19.0 Å². The number of nitrogens with one attached hydrogen (secondary N) is 1. The number of rotatable bonds is 5. The van der Waals surface area contributed by atoms with Crippen LogP contribution in [0.25, 0.3) is 0 Å². The van der Waals surface area contributed by atoms with Gasteiger partial charge in [-0.2, -0.15) is 9.97 Å². The van der Waals surface area contributed by atoms with Gasteiger partial charge in [0.05, 0.1) is 6.61 Å². The van der Waals surface area contributed by atoms with Gasteiger partial charge in [-0.05, 0) is 6.92 Å². The monoisotopic (exact) mass is 282 g/mol. The lowest BCUT2D eigenvalue weighted by Gasteiger charge is -2.07. The minimum Gasteiger partial charge on any atom is -0.464 e. The van der Waals surface area contributed by atoms with Crippen molar-refractivity contribution in [3.63, 3.8) is 0 Å². The second-order valence-corrected chi connectivity index (χ2v) is 3.61. The first-order valence-corrected chi connectivity index (χ1v) is 5.81. The normalized spacial score (nSPS) is 10.2. The van der Waals surface area contributed by atoms with Crippen molar-refractivity contribution >= 4 is 5.95 Å². The van der Waals surface area contributed by atoms with E-state index < -0.39 is 11.6 Å². The molecule has 0 unspecified atom stereocenters. The first-order chi connectivity index (χ1) is 9.60. The van der Waals surface area contributed by atoms with Gasteiger partial charge in [-0.15, -0.1) is 4.98 Å². The van der Waals surface area contributed by atoms with Crippen LogP contribution in [-0.4, -0.2) is 28.6 Å². The number of halogens is 2. The zero-order valence-electron chi connectivity index (χ0n) is 10.9. The van der Waals surface area contributed by atoms with E-state index in [4.69, 9.17) is 9.47 Å². The molecule has 0 bridgehead atoms. The Labute approximate surface area is 113 Å². The molecule has 0 atom stereocenters. The number of hydrogen-bond acceptors (Lipinski definition) is 6. The summed E-state index contributed by atoms with van der Waals surface area (Å²) >= 11 is 0. The maximum atomic E-state index is 13.1. The molecule has 0 aliphatic rings. The predicted molar refractivity (Wildman–Crippen MR) is 67.0 cm³/mol. The molecule has 1 aromatic heterocycles. The van der Waals surface area contributed by atoms with Crippen molar-refractivity contribution in [2.45, 2.75) is 6.92 Å². The lowest BCUT2D eigenvalue weighted by Crippen LogP contribution is -2.05. The van der Waals surface area contributed by atoms with E-state index in [1.807, 2.05) is 0 Å². The molecule has 106 valence electrons. The first kappa shape index (κ1) is 13.9. The van der Waals surface area contributed by atoms with E-state index in [1.54, 1.807) is 14.0 Å². The summed E-state index contributed by atoms with van der Waals surface area (Å²) in [6.45, 7) is 2.13. The molecule has 0 saturated carbocycles. The summed E-state index contributed by atoms with van der Waals surface area (Å²) in [5.74, 6) is -1.35. The molecule has 20 heavy (non-hydrogen) atoms. The highest BCUT2D eigenvalue weighted by Crippen LogP contribution is 2.22. The van der Waals surface area contributed by atoms with Crippen LogP contribution >= 0.6 is 0 Å². The van der Waals surface area contributed by atoms with Crippen LogP contribution in [0.15, 0.2) is 18.2 Å². The van der Waals surface area contributed by atoms with E-state index in [-0.39, 0.29) is 23.7 Å². The topological polar surface area (TPSA) is 69.2 Å². The summed E-state index contributed by atoms with van der Waals surface area (Å²) < 4.78 is 36.5. The Morgan fingerprint density at radius 2 is 1.70 bits per heavy atom. The van der Waals surface area contributed by atoms with E-state index in [0.717, 1.165) is 18.2 Å². The molecular weight excluding hydrogens is 270 g/mol. The molecule has 6 nitrogen and oxygen atoms in total. The molecule has 1 heterocycles. The third-order valence-electron chi connectivity index (χ3n) is 2.14. The van der Waals surface area contributed by atoms with Crippen LogP contribution < -0.4 is 14.8 Å². The number of ether oxygens (including phenoxy) is 2. The molecule has 0 aliphatic heterocycles. The molecule has 2 rings (SSSR count). The summed E-state index contributed by atoms with van der Waals surface area (Å²) in [4.78, 5) is 11.7. The van der Waals surface area contributed by atoms with Gasteiger partial charge in [-0.1, -0.05) is 0 Å². The van der Waals surface area contributed by atoms with Crippen LogP contribution in [0.5, 0.6) is 17.8 Å². The summed E-state index contributed by atoms with van der Waals surface area (Å²) in [5, 5.41) is 2.70. The van der Waals surface area contributed by atoms with Crippen LogP contribution in [0.2, 0.25) is 0 Å². The Morgan fingerprint density at radius 1 is 1.05 bits per heavy atom. The van der Waals surface area contributed by atoms with Gasteiger partial charge in [0.25, 0.3) is 0 Å². The average molecular weight is 282 g/mol. The minimum absolute atomic E-state index is 0.0544. The van der Waals surface area contributed by atoms with Crippen molar-refractivity contribution in [3.8, 4) is 17.8 Å². The quantitative estimate of drug-likeness (QED) is 0.908. The molecule has 2 aromatic rings. The minimum atomic E-state index is -0.757. The Kier molecular flexibility index (Phi) is 4.24. The third kappa shape index (κ3) is 3.50. The third-order valence-corrected chi connectivity index (χ3v) is 2.14. The molecule has 0 spiro atoms. The molecule has 8 heteroatoms. The van der Waals surface area contributed by atoms with Crippen LogP contribution in [0.1, 0.15) is 6.92 Å². The number of hydrogen-bond donors (Lipinski definition) is 1. The number of anilines is 1. The number of aromatic nitrogens is 3. The van der Waals surface area contributed by atoms with E-state index in [2.05, 4.69) is 20.3 Å². The molecule has 0 amide bonds. The fourth-order valence-corrected chi connectivity index (χ4v) is 1.38. The Balaban J connectivity index is 2.29. The average Bonchev–Trinajstić information content (AvgIpc) is 2.37. The maximum Gasteiger partial charge on any atom is 0.330 e. The van der Waals surface area contributed by atoms with Crippen LogP contribution in [-0.2, 0) is 0 Å². The lowest BCUT2D eigenvalue weighted by atomic mass is 10.3. The van der Waals surface area contributed by atoms with Crippen molar-refractivity contribution in [3.05, 3.63) is 29.8 Å². The van der Waals surface area contributed by atoms with Crippen molar-refractivity contribution in [1.29, 1.82) is 0 Å². The fraction of sp³-hybridized carbons (Fsp3) is 0.250. The number of nitrogens with zero attached hydrogens (tertiary/aromatic N) is 3. The highest BCUT2D eigenvalue weighted by Gasteiger charge is 2.10. The second-order valence-electron chi connectivity index (χ2n) is 3.61.